The van der Waals surface area contributed by atoms with Crippen LogP contribution in [0.15, 0.2) is 36.4 Å². The van der Waals surface area contributed by atoms with Gasteiger partial charge in [-0.25, -0.2) is 0 Å². The van der Waals surface area contributed by atoms with Gasteiger partial charge in [0, 0.05) is 51.3 Å². The van der Waals surface area contributed by atoms with E-state index in [4.69, 9.17) is 34.4 Å². The topological polar surface area (TPSA) is 130 Å². The van der Waals surface area contributed by atoms with Crippen LogP contribution >= 0.6 is 0 Å². The molecule has 0 spiro atoms. The van der Waals surface area contributed by atoms with Gasteiger partial charge in [0.05, 0.1) is 7.11 Å². The quantitative estimate of drug-likeness (QED) is 0.404. The van der Waals surface area contributed by atoms with E-state index in [0.717, 1.165) is 31.9 Å². The molecule has 8 heteroatoms. The van der Waals surface area contributed by atoms with Gasteiger partial charge in [0.1, 0.15) is 5.75 Å². The summed E-state index contributed by atoms with van der Waals surface area (Å²) in [5, 5.41) is 29.0. The van der Waals surface area contributed by atoms with Crippen LogP contribution in [0.25, 0.3) is 10.8 Å². The molecule has 0 aromatic heterocycles. The third-order valence-corrected chi connectivity index (χ3v) is 1.85. The zero-order valence-electron chi connectivity index (χ0n) is 14.3. The van der Waals surface area contributed by atoms with Crippen LogP contribution in [0.2, 0.25) is 0 Å². The molecule has 5 radical (unpaired) electrons. The van der Waals surface area contributed by atoms with Gasteiger partial charge in [0.2, 0.25) is 0 Å². The Morgan fingerprint density at radius 2 is 1.24 bits per heavy atom. The molecular formula is C17H18O7Pb-3. The van der Waals surface area contributed by atoms with Crippen LogP contribution < -0.4 is 20.1 Å². The number of fused-ring (bicyclic) bond motifs is 1. The van der Waals surface area contributed by atoms with Gasteiger partial charge in [-0.15, -0.1) is 0 Å². The number of carbonyl (C=O) groups is 3. The maximum Gasteiger partial charge on any atom is 0.127 e. The molecule has 0 bridgehead atoms. The molecular weight excluding hydrogens is 523 g/mol. The maximum atomic E-state index is 8.89. The molecule has 0 N–H and O–H groups in total. The zero-order valence-corrected chi connectivity index (χ0v) is 18.2. The van der Waals surface area contributed by atoms with Crippen molar-refractivity contribution in [2.45, 2.75) is 20.8 Å². The van der Waals surface area contributed by atoms with Gasteiger partial charge in [-0.05, 0) is 37.6 Å². The molecule has 2 rings (SSSR count). The van der Waals surface area contributed by atoms with E-state index in [1.54, 1.807) is 7.11 Å². The van der Waals surface area contributed by atoms with Gasteiger partial charge >= 0.3 is 0 Å². The van der Waals surface area contributed by atoms with E-state index in [1.165, 1.54) is 5.39 Å². The molecule has 0 amide bonds. The molecule has 0 saturated heterocycles. The van der Waals surface area contributed by atoms with Gasteiger partial charge in [-0.1, -0.05) is 30.3 Å². The van der Waals surface area contributed by atoms with E-state index in [-0.39, 0.29) is 27.3 Å². The Bertz CT molecular complexity index is 616. The Morgan fingerprint density at radius 1 is 0.840 bits per heavy atom. The Hall–Kier alpha value is -2.17. The summed E-state index contributed by atoms with van der Waals surface area (Å²) in [4.78, 5) is 26.7. The number of ether oxygens (including phenoxy) is 1. The van der Waals surface area contributed by atoms with Crippen molar-refractivity contribution in [2.24, 2.45) is 0 Å². The van der Waals surface area contributed by atoms with E-state index in [9.17, 15) is 0 Å². The van der Waals surface area contributed by atoms with E-state index in [1.807, 2.05) is 30.3 Å². The first kappa shape index (κ1) is 27.7. The summed E-state index contributed by atoms with van der Waals surface area (Å²) in [5.41, 5.74) is 0. The van der Waals surface area contributed by atoms with Crippen LogP contribution in [-0.2, 0) is 14.4 Å². The first-order chi connectivity index (χ1) is 11.1. The minimum Gasteiger partial charge on any atom is -0.550 e. The molecule has 0 aliphatic heterocycles. The smallest absolute Gasteiger partial charge is 0.127 e. The number of aliphatic carboxylic acids is 3. The molecule has 25 heavy (non-hydrogen) atoms. The van der Waals surface area contributed by atoms with Crippen LogP contribution in [0.5, 0.6) is 5.75 Å². The third kappa shape index (κ3) is 21.8. The number of carboxylic acid groups (broad SMARTS) is 3. The summed E-state index contributed by atoms with van der Waals surface area (Å²) in [5.74, 6) is -2.46. The zero-order chi connectivity index (χ0) is 19.1. The first-order valence-corrected chi connectivity index (χ1v) is 6.58. The Labute approximate surface area is 166 Å². The standard InChI is InChI=1S/C11H9O.3C2H4O2.Pb/c1-12-11-7-6-9-4-2-3-5-10(9)8-11;3*1-2(3)4;/h2-7H,1H3;3*1H3,(H,3,4);/p-3. The fourth-order valence-electron chi connectivity index (χ4n) is 1.22. The van der Waals surface area contributed by atoms with Crippen molar-refractivity contribution in [2.75, 3.05) is 7.11 Å². The largest absolute Gasteiger partial charge is 0.550 e. The molecule has 0 unspecified atom stereocenters. The van der Waals surface area contributed by atoms with E-state index >= 15 is 0 Å². The molecule has 135 valence electrons. The summed E-state index contributed by atoms with van der Waals surface area (Å²) < 4.78 is 5.07. The number of benzene rings is 2. The van der Waals surface area contributed by atoms with Crippen LogP contribution in [0.3, 0.4) is 0 Å². The number of rotatable bonds is 1. The number of carboxylic acids is 3. The predicted molar refractivity (Wildman–Crippen MR) is 87.1 cm³/mol. The average molecular weight is 542 g/mol. The minimum atomic E-state index is -1.08. The minimum absolute atomic E-state index is 0. The first-order valence-electron chi connectivity index (χ1n) is 6.58. The summed E-state index contributed by atoms with van der Waals surface area (Å²) >= 11 is 0. The SMILES string of the molecule is CC(=O)[O-].CC(=O)[O-].CC(=O)[O-].COc1[c]c2ccccc2cc1.[Pb]. The van der Waals surface area contributed by atoms with Crippen LogP contribution in [0.1, 0.15) is 20.8 Å². The molecule has 0 heterocycles. The Balaban J connectivity index is -0.000000314. The second-order valence-corrected chi connectivity index (χ2v) is 4.09. The number of methoxy groups -OCH3 is 1. The molecule has 7 nitrogen and oxygen atoms in total. The molecule has 0 fully saturated rings. The Kier molecular flexibility index (Phi) is 18.5. The van der Waals surface area contributed by atoms with Crippen molar-refractivity contribution >= 4 is 56.0 Å². The number of carbonyl (C=O) groups excluding carboxylic acids is 3. The van der Waals surface area contributed by atoms with Crippen LogP contribution in [0.4, 0.5) is 0 Å². The second-order valence-electron chi connectivity index (χ2n) is 4.09. The van der Waals surface area contributed by atoms with Gasteiger partial charge in [-0.2, -0.15) is 0 Å². The summed E-state index contributed by atoms with van der Waals surface area (Å²) in [7, 11) is 1.65. The van der Waals surface area contributed by atoms with Gasteiger partial charge in [0.15, 0.2) is 0 Å². The predicted octanol–water partition coefficient (Wildman–Crippen LogP) is -1.46. The third-order valence-electron chi connectivity index (χ3n) is 1.85. The molecule has 0 saturated carbocycles. The average Bonchev–Trinajstić information content (AvgIpc) is 2.45. The van der Waals surface area contributed by atoms with Crippen LogP contribution in [0, 0.1) is 6.07 Å². The Morgan fingerprint density at radius 3 is 1.64 bits per heavy atom. The van der Waals surface area contributed by atoms with Crippen molar-refractivity contribution < 1.29 is 34.4 Å². The number of hydrogen-bond donors (Lipinski definition) is 0. The van der Waals surface area contributed by atoms with E-state index in [0.29, 0.717) is 0 Å². The molecule has 0 atom stereocenters. The van der Waals surface area contributed by atoms with Crippen molar-refractivity contribution in [3.63, 3.8) is 0 Å². The van der Waals surface area contributed by atoms with Crippen molar-refractivity contribution in [3.8, 4) is 5.75 Å². The van der Waals surface area contributed by atoms with Gasteiger partial charge in [0.25, 0.3) is 0 Å². The molecule has 2 aromatic carbocycles. The van der Waals surface area contributed by atoms with Gasteiger partial charge < -0.3 is 34.4 Å². The molecule has 0 aliphatic carbocycles. The van der Waals surface area contributed by atoms with E-state index in [2.05, 4.69) is 12.1 Å². The summed E-state index contributed by atoms with van der Waals surface area (Å²) in [6.07, 6.45) is 0. The summed E-state index contributed by atoms with van der Waals surface area (Å²) in [6, 6.07) is 15.2. The normalized spacial score (nSPS) is 7.84. The fraction of sp³-hybridized carbons (Fsp3) is 0.235. The van der Waals surface area contributed by atoms with Crippen molar-refractivity contribution in [1.29, 1.82) is 0 Å². The van der Waals surface area contributed by atoms with Gasteiger partial charge in [-0.3, -0.25) is 0 Å². The molecule has 0 aliphatic rings. The van der Waals surface area contributed by atoms with Crippen molar-refractivity contribution in [1.82, 2.24) is 0 Å². The van der Waals surface area contributed by atoms with Crippen LogP contribution in [-0.4, -0.2) is 52.3 Å². The summed E-state index contributed by atoms with van der Waals surface area (Å²) in [6.45, 7) is 2.92. The fourth-order valence-corrected chi connectivity index (χ4v) is 1.22. The second kappa shape index (κ2) is 16.7. The van der Waals surface area contributed by atoms with Crippen molar-refractivity contribution in [3.05, 3.63) is 42.5 Å². The monoisotopic (exact) mass is 542 g/mol. The maximum absolute atomic E-state index is 8.89. The molecule has 2 aromatic rings. The van der Waals surface area contributed by atoms with E-state index < -0.39 is 17.9 Å². The number of hydrogen-bond acceptors (Lipinski definition) is 7.